The smallest absolute Gasteiger partial charge is 0.174 e. The second-order valence-electron chi connectivity index (χ2n) is 1.25. The largest absolute Gasteiger partial charge is 0.499 e. The Balaban J connectivity index is 3.12. The molecular weight excluding hydrogens is 108 g/mol. The summed E-state index contributed by atoms with van der Waals surface area (Å²) in [5.41, 5.74) is 0.713. The number of hydrogen-bond acceptors (Lipinski definition) is 2. The summed E-state index contributed by atoms with van der Waals surface area (Å²) in [4.78, 5) is 0. The van der Waals surface area contributed by atoms with Gasteiger partial charge in [0.1, 0.15) is 0 Å². The Labute approximate surface area is 46.2 Å². The van der Waals surface area contributed by atoms with Crippen molar-refractivity contribution in [3.05, 3.63) is 23.9 Å². The van der Waals surface area contributed by atoms with Crippen molar-refractivity contribution in [3.63, 3.8) is 0 Å². The molecule has 0 bridgehead atoms. The van der Waals surface area contributed by atoms with Gasteiger partial charge in [-0.2, -0.15) is 0 Å². The van der Waals surface area contributed by atoms with Crippen molar-refractivity contribution in [2.24, 2.45) is 0 Å². The van der Waals surface area contributed by atoms with E-state index in [1.807, 2.05) is 0 Å². The predicted octanol–water partition coefficient (Wildman–Crippen LogP) is 1.64. The lowest BCUT2D eigenvalue weighted by molar-refractivity contribution is 0.489. The summed E-state index contributed by atoms with van der Waals surface area (Å²) < 4.78 is 0. The van der Waals surface area contributed by atoms with Gasteiger partial charge < -0.3 is 5.11 Å². The van der Waals surface area contributed by atoms with E-state index >= 15 is 0 Å². The van der Waals surface area contributed by atoms with Gasteiger partial charge in [-0.05, 0) is 18.4 Å². The second kappa shape index (κ2) is 1.54. The van der Waals surface area contributed by atoms with Crippen molar-refractivity contribution in [1.82, 2.24) is 0 Å². The highest BCUT2D eigenvalue weighted by atomic mass is 32.1. The van der Waals surface area contributed by atoms with Gasteiger partial charge in [-0.1, -0.05) is 0 Å². The second-order valence-corrected chi connectivity index (χ2v) is 2.15. The summed E-state index contributed by atoms with van der Waals surface area (Å²) in [6.45, 7) is 3.54. The van der Waals surface area contributed by atoms with E-state index in [9.17, 15) is 0 Å². The van der Waals surface area contributed by atoms with E-state index in [0.717, 1.165) is 0 Å². The fourth-order valence-electron chi connectivity index (χ4n) is 0.328. The zero-order valence-corrected chi connectivity index (χ0v) is 4.53. The molecule has 1 heterocycles. The molecule has 0 spiro atoms. The van der Waals surface area contributed by atoms with Gasteiger partial charge >= 0.3 is 0 Å². The number of thiophene rings is 1. The number of hydrogen-bond donors (Lipinski definition) is 1. The molecule has 1 radical (unpaired) electrons. The highest BCUT2D eigenvalue weighted by Crippen LogP contribution is 2.21. The third-order valence-corrected chi connectivity index (χ3v) is 1.48. The van der Waals surface area contributed by atoms with Crippen LogP contribution >= 0.6 is 11.3 Å². The van der Waals surface area contributed by atoms with Crippen LogP contribution in [0.2, 0.25) is 0 Å². The van der Waals surface area contributed by atoms with Crippen LogP contribution in [-0.4, -0.2) is 5.11 Å². The van der Waals surface area contributed by atoms with E-state index in [1.165, 1.54) is 11.3 Å². The maximum atomic E-state index is 8.72. The summed E-state index contributed by atoms with van der Waals surface area (Å²) in [5.74, 6) is 0. The third kappa shape index (κ3) is 0.747. The van der Waals surface area contributed by atoms with Crippen LogP contribution in [0, 0.1) is 6.92 Å². The van der Waals surface area contributed by atoms with E-state index < -0.39 is 0 Å². The molecule has 0 saturated heterocycles. The zero-order valence-electron chi connectivity index (χ0n) is 3.72. The minimum absolute atomic E-state index is 0.319. The van der Waals surface area contributed by atoms with E-state index in [-0.39, 0.29) is 0 Å². The molecule has 0 aliphatic carbocycles. The molecule has 0 aliphatic rings. The van der Waals surface area contributed by atoms with Crippen LogP contribution in [0.4, 0.5) is 0 Å². The molecule has 1 aromatic rings. The number of rotatable bonds is 0. The number of aromatic hydroxyl groups is 1. The van der Waals surface area contributed by atoms with Gasteiger partial charge in [0.2, 0.25) is 0 Å². The maximum Gasteiger partial charge on any atom is 0.174 e. The summed E-state index contributed by atoms with van der Waals surface area (Å²) in [6, 6.07) is 1.78. The lowest BCUT2D eigenvalue weighted by atomic mass is 10.4. The topological polar surface area (TPSA) is 20.2 Å². The summed E-state index contributed by atoms with van der Waals surface area (Å²) in [6.07, 6.45) is 0. The van der Waals surface area contributed by atoms with Gasteiger partial charge in [-0.25, -0.2) is 0 Å². The monoisotopic (exact) mass is 113 g/mol. The van der Waals surface area contributed by atoms with Gasteiger partial charge in [0, 0.05) is 5.56 Å². The van der Waals surface area contributed by atoms with Crippen LogP contribution in [0.5, 0.6) is 5.06 Å². The Morgan fingerprint density at radius 1 is 1.71 bits per heavy atom. The molecule has 2 heteroatoms. The van der Waals surface area contributed by atoms with Crippen molar-refractivity contribution in [2.75, 3.05) is 0 Å². The highest BCUT2D eigenvalue weighted by molar-refractivity contribution is 7.11. The Bertz CT molecular complexity index is 140. The molecular formula is C5H5OS. The van der Waals surface area contributed by atoms with Crippen LogP contribution in [-0.2, 0) is 0 Å². The molecule has 0 aromatic carbocycles. The highest BCUT2D eigenvalue weighted by Gasteiger charge is 1.90. The summed E-state index contributed by atoms with van der Waals surface area (Å²) in [5, 5.41) is 10.8. The Morgan fingerprint density at radius 2 is 2.43 bits per heavy atom. The van der Waals surface area contributed by atoms with E-state index in [0.29, 0.717) is 10.6 Å². The van der Waals surface area contributed by atoms with Gasteiger partial charge in [-0.15, -0.1) is 11.3 Å². The van der Waals surface area contributed by atoms with Crippen LogP contribution in [0.3, 0.4) is 0 Å². The minimum atomic E-state index is 0.319. The first-order valence-electron chi connectivity index (χ1n) is 1.89. The summed E-state index contributed by atoms with van der Waals surface area (Å²) >= 11 is 1.30. The molecule has 7 heavy (non-hydrogen) atoms. The van der Waals surface area contributed by atoms with Crippen molar-refractivity contribution in [2.45, 2.75) is 0 Å². The quantitative estimate of drug-likeness (QED) is 0.542. The van der Waals surface area contributed by atoms with Crippen LogP contribution < -0.4 is 0 Å². The molecule has 0 atom stereocenters. The molecule has 0 aliphatic heterocycles. The molecule has 1 nitrogen and oxygen atoms in total. The van der Waals surface area contributed by atoms with E-state index in [2.05, 4.69) is 6.92 Å². The lowest BCUT2D eigenvalue weighted by Gasteiger charge is -1.79. The normalized spacial score (nSPS) is 9.29. The fourth-order valence-corrected chi connectivity index (χ4v) is 0.908. The zero-order chi connectivity index (χ0) is 5.28. The van der Waals surface area contributed by atoms with Crippen molar-refractivity contribution >= 4 is 11.3 Å². The fraction of sp³-hybridized carbons (Fsp3) is 0. The SMILES string of the molecule is [CH2]c1ccsc1O. The lowest BCUT2D eigenvalue weighted by Crippen LogP contribution is -1.55. The first-order valence-corrected chi connectivity index (χ1v) is 2.77. The molecule has 1 aromatic heterocycles. The minimum Gasteiger partial charge on any atom is -0.499 e. The van der Waals surface area contributed by atoms with Crippen molar-refractivity contribution in [1.29, 1.82) is 0 Å². The molecule has 0 fully saturated rings. The van der Waals surface area contributed by atoms with Gasteiger partial charge in [0.25, 0.3) is 0 Å². The van der Waals surface area contributed by atoms with Crippen molar-refractivity contribution in [3.8, 4) is 5.06 Å². The van der Waals surface area contributed by atoms with Crippen LogP contribution in [0.1, 0.15) is 5.56 Å². The Morgan fingerprint density at radius 3 is 2.57 bits per heavy atom. The van der Waals surface area contributed by atoms with E-state index in [4.69, 9.17) is 5.11 Å². The molecule has 0 unspecified atom stereocenters. The predicted molar refractivity (Wildman–Crippen MR) is 30.4 cm³/mol. The van der Waals surface area contributed by atoms with Gasteiger partial charge in [0.05, 0.1) is 0 Å². The van der Waals surface area contributed by atoms with Crippen molar-refractivity contribution < 1.29 is 5.11 Å². The molecule has 1 N–H and O–H groups in total. The maximum absolute atomic E-state index is 8.72. The van der Waals surface area contributed by atoms with Crippen LogP contribution in [0.25, 0.3) is 0 Å². The first kappa shape index (κ1) is 4.65. The Kier molecular flexibility index (Phi) is 1.02. The molecule has 0 saturated carbocycles. The van der Waals surface area contributed by atoms with Crippen LogP contribution in [0.15, 0.2) is 11.4 Å². The summed E-state index contributed by atoms with van der Waals surface area (Å²) in [7, 11) is 0. The standard InChI is InChI=1S/C5H5OS/c1-4-2-3-7-5(4)6/h2-3,6H,1H2. The van der Waals surface area contributed by atoms with Gasteiger partial charge in [-0.3, -0.25) is 0 Å². The van der Waals surface area contributed by atoms with Gasteiger partial charge in [0.15, 0.2) is 5.06 Å². The first-order chi connectivity index (χ1) is 3.30. The molecule has 37 valence electrons. The molecule has 0 amide bonds. The average Bonchev–Trinajstić information content (AvgIpc) is 1.91. The van der Waals surface area contributed by atoms with E-state index in [1.54, 1.807) is 11.4 Å². The average molecular weight is 113 g/mol. The Hall–Kier alpha value is -0.500. The third-order valence-electron chi connectivity index (χ3n) is 0.724. The molecule has 1 rings (SSSR count).